The van der Waals surface area contributed by atoms with Crippen molar-refractivity contribution >= 4 is 69.2 Å². The predicted molar refractivity (Wildman–Crippen MR) is 129 cm³/mol. The van der Waals surface area contributed by atoms with Crippen molar-refractivity contribution in [2.45, 2.75) is 0 Å². The Labute approximate surface area is 192 Å². The van der Waals surface area contributed by atoms with E-state index in [1.807, 2.05) is 34.7 Å². The van der Waals surface area contributed by atoms with Crippen molar-refractivity contribution in [1.82, 2.24) is 0 Å². The highest BCUT2D eigenvalue weighted by molar-refractivity contribution is 14.1. The third-order valence-corrected chi connectivity index (χ3v) is 5.79. The SMILES string of the molecule is O=C1C(=Cc2ccc(O)c(I)c2)C(=O)N(c2ccccc2)C(=S)N1c1ccccc1. The van der Waals surface area contributed by atoms with Gasteiger partial charge in [0.05, 0.1) is 14.9 Å². The number of carbonyl (C=O) groups is 2. The maximum atomic E-state index is 13.4. The molecule has 0 saturated carbocycles. The van der Waals surface area contributed by atoms with Crippen LogP contribution in [0.4, 0.5) is 11.4 Å². The normalized spacial score (nSPS) is 14.3. The monoisotopic (exact) mass is 526 g/mol. The summed E-state index contributed by atoms with van der Waals surface area (Å²) >= 11 is 7.56. The molecule has 5 nitrogen and oxygen atoms in total. The minimum atomic E-state index is -0.494. The van der Waals surface area contributed by atoms with Gasteiger partial charge < -0.3 is 5.11 Å². The number of thiocarbonyl (C=S) groups is 1. The zero-order chi connectivity index (χ0) is 21.3. The number of phenolic OH excluding ortho intramolecular Hbond substituents is 1. The van der Waals surface area contributed by atoms with E-state index >= 15 is 0 Å². The van der Waals surface area contributed by atoms with Crippen LogP contribution in [0.2, 0.25) is 0 Å². The van der Waals surface area contributed by atoms with Crippen molar-refractivity contribution in [3.8, 4) is 5.75 Å². The lowest BCUT2D eigenvalue weighted by Crippen LogP contribution is -2.56. The molecule has 7 heteroatoms. The Morgan fingerprint density at radius 1 is 0.800 bits per heavy atom. The summed E-state index contributed by atoms with van der Waals surface area (Å²) in [5.41, 5.74) is 1.76. The summed E-state index contributed by atoms with van der Waals surface area (Å²) in [6.07, 6.45) is 1.53. The Kier molecular flexibility index (Phi) is 5.65. The molecular weight excluding hydrogens is 511 g/mol. The predicted octanol–water partition coefficient (Wildman–Crippen LogP) is 4.75. The number of para-hydroxylation sites is 2. The highest BCUT2D eigenvalue weighted by Gasteiger charge is 2.41. The van der Waals surface area contributed by atoms with Crippen LogP contribution in [0.15, 0.2) is 84.4 Å². The Bertz CT molecular complexity index is 1120. The van der Waals surface area contributed by atoms with E-state index in [2.05, 4.69) is 0 Å². The fourth-order valence-electron chi connectivity index (χ4n) is 3.12. The Morgan fingerprint density at radius 3 is 1.77 bits per heavy atom. The van der Waals surface area contributed by atoms with Gasteiger partial charge in [-0.1, -0.05) is 42.5 Å². The van der Waals surface area contributed by atoms with Crippen molar-refractivity contribution in [1.29, 1.82) is 0 Å². The first kappa shape index (κ1) is 20.2. The molecular formula is C23H15IN2O3S. The Morgan fingerprint density at radius 2 is 1.30 bits per heavy atom. The lowest BCUT2D eigenvalue weighted by Gasteiger charge is -2.36. The van der Waals surface area contributed by atoms with Crippen molar-refractivity contribution < 1.29 is 14.7 Å². The van der Waals surface area contributed by atoms with Gasteiger partial charge >= 0.3 is 0 Å². The molecule has 1 aliphatic rings. The number of aromatic hydroxyl groups is 1. The van der Waals surface area contributed by atoms with E-state index in [1.165, 1.54) is 21.9 Å². The van der Waals surface area contributed by atoms with Gasteiger partial charge in [-0.05, 0) is 82.8 Å². The molecule has 3 aromatic rings. The third kappa shape index (κ3) is 3.73. The van der Waals surface area contributed by atoms with E-state index in [9.17, 15) is 14.7 Å². The molecule has 1 saturated heterocycles. The summed E-state index contributed by atoms with van der Waals surface area (Å²) in [5.74, 6) is -0.852. The molecule has 4 rings (SSSR count). The van der Waals surface area contributed by atoms with Gasteiger partial charge in [-0.3, -0.25) is 19.4 Å². The lowest BCUT2D eigenvalue weighted by molar-refractivity contribution is -0.120. The average Bonchev–Trinajstić information content (AvgIpc) is 2.75. The maximum absolute atomic E-state index is 13.4. The van der Waals surface area contributed by atoms with Crippen LogP contribution < -0.4 is 9.80 Å². The van der Waals surface area contributed by atoms with Gasteiger partial charge in [0.1, 0.15) is 11.3 Å². The number of phenols is 1. The molecule has 0 radical (unpaired) electrons. The summed E-state index contributed by atoms with van der Waals surface area (Å²) in [5, 5.41) is 9.87. The summed E-state index contributed by atoms with van der Waals surface area (Å²) < 4.78 is 0.619. The zero-order valence-corrected chi connectivity index (χ0v) is 18.5. The van der Waals surface area contributed by atoms with Crippen molar-refractivity contribution in [3.63, 3.8) is 0 Å². The molecule has 0 spiro atoms. The van der Waals surface area contributed by atoms with Crippen molar-refractivity contribution in [2.24, 2.45) is 0 Å². The van der Waals surface area contributed by atoms with Crippen molar-refractivity contribution in [2.75, 3.05) is 9.80 Å². The van der Waals surface area contributed by atoms with E-state index < -0.39 is 11.8 Å². The first-order valence-electron chi connectivity index (χ1n) is 9.00. The molecule has 3 aromatic carbocycles. The van der Waals surface area contributed by atoms with Gasteiger partial charge in [-0.2, -0.15) is 0 Å². The fraction of sp³-hybridized carbons (Fsp3) is 0. The van der Waals surface area contributed by atoms with E-state index in [0.717, 1.165) is 0 Å². The van der Waals surface area contributed by atoms with Gasteiger partial charge in [0.2, 0.25) is 0 Å². The Hall–Kier alpha value is -3.04. The summed E-state index contributed by atoms with van der Waals surface area (Å²) in [6, 6.07) is 22.9. The van der Waals surface area contributed by atoms with Crippen LogP contribution in [-0.4, -0.2) is 22.0 Å². The Balaban J connectivity index is 1.87. The molecule has 30 heavy (non-hydrogen) atoms. The largest absolute Gasteiger partial charge is 0.507 e. The van der Waals surface area contributed by atoms with Crippen LogP contribution in [0.5, 0.6) is 5.75 Å². The highest BCUT2D eigenvalue weighted by Crippen LogP contribution is 2.30. The molecule has 1 N–H and O–H groups in total. The quantitative estimate of drug-likeness (QED) is 0.232. The van der Waals surface area contributed by atoms with Crippen molar-refractivity contribution in [3.05, 3.63) is 93.6 Å². The summed E-state index contributed by atoms with van der Waals surface area (Å²) in [4.78, 5) is 29.4. The first-order valence-corrected chi connectivity index (χ1v) is 10.5. The number of carbonyl (C=O) groups excluding carboxylic acids is 2. The van der Waals surface area contributed by atoms with Crippen LogP contribution >= 0.6 is 34.8 Å². The fourth-order valence-corrected chi connectivity index (χ4v) is 4.03. The number of anilines is 2. The lowest BCUT2D eigenvalue weighted by atomic mass is 10.0. The number of halogens is 1. The second-order valence-corrected chi connectivity index (χ2v) is 8.03. The molecule has 1 heterocycles. The second-order valence-electron chi connectivity index (χ2n) is 6.50. The molecule has 0 aromatic heterocycles. The second kappa shape index (κ2) is 8.37. The van der Waals surface area contributed by atoms with Crippen LogP contribution in [0.3, 0.4) is 0 Å². The topological polar surface area (TPSA) is 60.9 Å². The van der Waals surface area contributed by atoms with E-state index in [1.54, 1.807) is 60.7 Å². The number of hydrogen-bond acceptors (Lipinski definition) is 4. The highest BCUT2D eigenvalue weighted by atomic mass is 127. The number of rotatable bonds is 3. The minimum Gasteiger partial charge on any atom is -0.507 e. The van der Waals surface area contributed by atoms with Crippen LogP contribution in [-0.2, 0) is 9.59 Å². The maximum Gasteiger partial charge on any atom is 0.270 e. The summed E-state index contributed by atoms with van der Waals surface area (Å²) in [7, 11) is 0. The van der Waals surface area contributed by atoms with E-state index in [-0.39, 0.29) is 16.4 Å². The molecule has 1 fully saturated rings. The molecule has 0 atom stereocenters. The summed E-state index contributed by atoms with van der Waals surface area (Å²) in [6.45, 7) is 0. The number of amides is 2. The van der Waals surface area contributed by atoms with Crippen LogP contribution in [0, 0.1) is 3.57 Å². The van der Waals surface area contributed by atoms with Gasteiger partial charge in [-0.25, -0.2) is 0 Å². The molecule has 1 aliphatic heterocycles. The minimum absolute atomic E-state index is 0.0159. The number of hydrogen-bond donors (Lipinski definition) is 1. The van der Waals surface area contributed by atoms with Gasteiger partial charge in [-0.15, -0.1) is 0 Å². The van der Waals surface area contributed by atoms with E-state index in [4.69, 9.17) is 12.2 Å². The van der Waals surface area contributed by atoms with Gasteiger partial charge in [0.25, 0.3) is 11.8 Å². The van der Waals surface area contributed by atoms with Gasteiger partial charge in [0, 0.05) is 0 Å². The first-order chi connectivity index (χ1) is 14.5. The number of benzene rings is 3. The number of nitrogens with zero attached hydrogens (tertiary/aromatic N) is 2. The van der Waals surface area contributed by atoms with Crippen LogP contribution in [0.25, 0.3) is 6.08 Å². The molecule has 2 amide bonds. The van der Waals surface area contributed by atoms with Crippen LogP contribution in [0.1, 0.15) is 5.56 Å². The zero-order valence-electron chi connectivity index (χ0n) is 15.5. The third-order valence-electron chi connectivity index (χ3n) is 4.56. The molecule has 0 bridgehead atoms. The molecule has 0 aliphatic carbocycles. The molecule has 0 unspecified atom stereocenters. The van der Waals surface area contributed by atoms with E-state index in [0.29, 0.717) is 20.5 Å². The smallest absolute Gasteiger partial charge is 0.270 e. The molecule has 148 valence electrons. The average molecular weight is 526 g/mol. The van der Waals surface area contributed by atoms with Gasteiger partial charge in [0.15, 0.2) is 5.11 Å². The standard InChI is InChI=1S/C23H15IN2O3S/c24-19-14-15(11-12-20(19)27)13-18-21(28)25(16-7-3-1-4-8-16)23(30)26(22(18)29)17-9-5-2-6-10-17/h1-14,27H.